The van der Waals surface area contributed by atoms with E-state index in [0.29, 0.717) is 16.3 Å². The fourth-order valence-corrected chi connectivity index (χ4v) is 2.52. The van der Waals surface area contributed by atoms with Gasteiger partial charge >= 0.3 is 0 Å². The second kappa shape index (κ2) is 6.31. The molecule has 0 N–H and O–H groups in total. The first-order valence-electron chi connectivity index (χ1n) is 6.88. The molecular formula is C16H19ClN2O2. The van der Waals surface area contributed by atoms with Crippen LogP contribution < -0.4 is 4.74 Å². The van der Waals surface area contributed by atoms with Gasteiger partial charge in [-0.15, -0.1) is 0 Å². The second-order valence-corrected chi connectivity index (χ2v) is 5.41. The molecular weight excluding hydrogens is 288 g/mol. The lowest BCUT2D eigenvalue weighted by molar-refractivity contribution is 0.101. The highest BCUT2D eigenvalue weighted by molar-refractivity contribution is 6.31. The molecule has 21 heavy (non-hydrogen) atoms. The summed E-state index contributed by atoms with van der Waals surface area (Å²) in [4.78, 5) is 11.7. The number of hydrogen-bond acceptors (Lipinski definition) is 3. The molecule has 0 aliphatic rings. The van der Waals surface area contributed by atoms with Gasteiger partial charge in [0, 0.05) is 7.05 Å². The second-order valence-electron chi connectivity index (χ2n) is 5.03. The molecule has 0 spiro atoms. The van der Waals surface area contributed by atoms with E-state index in [-0.39, 0.29) is 12.4 Å². The number of nitrogens with zero attached hydrogens (tertiary/aromatic N) is 2. The molecule has 112 valence electrons. The largest absolute Gasteiger partial charge is 0.486 e. The van der Waals surface area contributed by atoms with Gasteiger partial charge in [0.05, 0.1) is 22.0 Å². The standard InChI is InChI=1S/C16H19ClN2O2/c1-5-13-16(17)14(19(4)18-13)9-21-15-7-6-10(2)8-12(15)11(3)20/h6-8H,5,9H2,1-4H3. The molecule has 0 bridgehead atoms. The third kappa shape index (κ3) is 3.27. The molecule has 5 heteroatoms. The van der Waals surface area contributed by atoms with Crippen molar-refractivity contribution in [1.82, 2.24) is 9.78 Å². The van der Waals surface area contributed by atoms with Crippen molar-refractivity contribution in [3.8, 4) is 5.75 Å². The molecule has 2 aromatic rings. The van der Waals surface area contributed by atoms with Crippen LogP contribution in [0.4, 0.5) is 0 Å². The molecule has 1 aromatic carbocycles. The highest BCUT2D eigenvalue weighted by atomic mass is 35.5. The Balaban J connectivity index is 2.25. The Labute approximate surface area is 129 Å². The summed E-state index contributed by atoms with van der Waals surface area (Å²) in [6.07, 6.45) is 0.774. The Morgan fingerprint density at radius 1 is 1.43 bits per heavy atom. The fraction of sp³-hybridized carbons (Fsp3) is 0.375. The predicted octanol–water partition coefficient (Wildman–Crippen LogP) is 3.73. The first-order chi connectivity index (χ1) is 9.93. The van der Waals surface area contributed by atoms with Crippen LogP contribution in [0.15, 0.2) is 18.2 Å². The van der Waals surface area contributed by atoms with Crippen molar-refractivity contribution in [2.24, 2.45) is 7.05 Å². The summed E-state index contributed by atoms with van der Waals surface area (Å²) in [6.45, 7) is 5.77. The number of hydrogen-bond donors (Lipinski definition) is 0. The number of benzene rings is 1. The van der Waals surface area contributed by atoms with Gasteiger partial charge in [0.25, 0.3) is 0 Å². The number of aryl methyl sites for hydroxylation is 3. The summed E-state index contributed by atoms with van der Waals surface area (Å²) < 4.78 is 7.52. The van der Waals surface area contributed by atoms with Crippen molar-refractivity contribution in [1.29, 1.82) is 0 Å². The van der Waals surface area contributed by atoms with Gasteiger partial charge in [-0.2, -0.15) is 5.10 Å². The van der Waals surface area contributed by atoms with Crippen LogP contribution in [0.2, 0.25) is 5.02 Å². The SMILES string of the molecule is CCc1nn(C)c(COc2ccc(C)cc2C(C)=O)c1Cl. The monoisotopic (exact) mass is 306 g/mol. The van der Waals surface area contributed by atoms with Gasteiger partial charge in [-0.1, -0.05) is 30.2 Å². The zero-order valence-corrected chi connectivity index (χ0v) is 13.5. The van der Waals surface area contributed by atoms with Crippen LogP contribution in [0.25, 0.3) is 0 Å². The van der Waals surface area contributed by atoms with Crippen LogP contribution in [-0.4, -0.2) is 15.6 Å². The van der Waals surface area contributed by atoms with E-state index in [2.05, 4.69) is 5.10 Å². The summed E-state index contributed by atoms with van der Waals surface area (Å²) in [7, 11) is 1.84. The quantitative estimate of drug-likeness (QED) is 0.791. The molecule has 0 saturated carbocycles. The van der Waals surface area contributed by atoms with Gasteiger partial charge in [0.2, 0.25) is 0 Å². The number of aromatic nitrogens is 2. The lowest BCUT2D eigenvalue weighted by Gasteiger charge is -2.11. The molecule has 0 atom stereocenters. The van der Waals surface area contributed by atoms with Crippen LogP contribution in [0.1, 0.15) is 41.2 Å². The smallest absolute Gasteiger partial charge is 0.163 e. The summed E-state index contributed by atoms with van der Waals surface area (Å²) in [5, 5.41) is 4.99. The van der Waals surface area contributed by atoms with E-state index >= 15 is 0 Å². The van der Waals surface area contributed by atoms with Gasteiger partial charge in [0.1, 0.15) is 12.4 Å². The maximum Gasteiger partial charge on any atom is 0.163 e. The van der Waals surface area contributed by atoms with E-state index in [4.69, 9.17) is 16.3 Å². The summed E-state index contributed by atoms with van der Waals surface area (Å²) in [5.74, 6) is 0.558. The molecule has 0 aliphatic heterocycles. The minimum Gasteiger partial charge on any atom is -0.486 e. The third-order valence-corrected chi connectivity index (χ3v) is 3.82. The number of carbonyl (C=O) groups is 1. The average Bonchev–Trinajstić information content (AvgIpc) is 2.72. The van der Waals surface area contributed by atoms with Crippen molar-refractivity contribution in [3.63, 3.8) is 0 Å². The Morgan fingerprint density at radius 2 is 2.14 bits per heavy atom. The van der Waals surface area contributed by atoms with Crippen LogP contribution in [0.5, 0.6) is 5.75 Å². The Kier molecular flexibility index (Phi) is 4.68. The molecule has 0 fully saturated rings. The van der Waals surface area contributed by atoms with Crippen LogP contribution >= 0.6 is 11.6 Å². The maximum atomic E-state index is 11.7. The number of carbonyl (C=O) groups excluding carboxylic acids is 1. The summed E-state index contributed by atoms with van der Waals surface area (Å²) >= 11 is 6.29. The van der Waals surface area contributed by atoms with Crippen molar-refractivity contribution >= 4 is 17.4 Å². The van der Waals surface area contributed by atoms with E-state index < -0.39 is 0 Å². The molecule has 0 saturated heterocycles. The molecule has 0 unspecified atom stereocenters. The number of rotatable bonds is 5. The summed E-state index contributed by atoms with van der Waals surface area (Å²) in [5.41, 5.74) is 3.28. The van der Waals surface area contributed by atoms with Gasteiger partial charge in [-0.25, -0.2) is 0 Å². The average molecular weight is 307 g/mol. The van der Waals surface area contributed by atoms with Crippen molar-refractivity contribution in [3.05, 3.63) is 45.7 Å². The molecule has 0 amide bonds. The molecule has 1 aromatic heterocycles. The van der Waals surface area contributed by atoms with E-state index in [9.17, 15) is 4.79 Å². The fourth-order valence-electron chi connectivity index (χ4n) is 2.17. The topological polar surface area (TPSA) is 44.1 Å². The summed E-state index contributed by atoms with van der Waals surface area (Å²) in [6, 6.07) is 5.57. The van der Waals surface area contributed by atoms with Crippen LogP contribution in [0.3, 0.4) is 0 Å². The highest BCUT2D eigenvalue weighted by Crippen LogP contribution is 2.25. The third-order valence-electron chi connectivity index (χ3n) is 3.38. The lowest BCUT2D eigenvalue weighted by atomic mass is 10.1. The zero-order chi connectivity index (χ0) is 15.6. The Hall–Kier alpha value is -1.81. The number of halogens is 1. The highest BCUT2D eigenvalue weighted by Gasteiger charge is 2.15. The molecule has 1 heterocycles. The number of ketones is 1. The lowest BCUT2D eigenvalue weighted by Crippen LogP contribution is -2.06. The molecule has 0 radical (unpaired) electrons. The minimum absolute atomic E-state index is 0.0148. The van der Waals surface area contributed by atoms with Crippen LogP contribution in [0, 0.1) is 6.92 Å². The van der Waals surface area contributed by atoms with E-state index in [1.807, 2.05) is 39.1 Å². The van der Waals surface area contributed by atoms with E-state index in [1.165, 1.54) is 6.92 Å². The predicted molar refractivity (Wildman–Crippen MR) is 83.1 cm³/mol. The first-order valence-corrected chi connectivity index (χ1v) is 7.26. The maximum absolute atomic E-state index is 11.7. The van der Waals surface area contributed by atoms with Crippen LogP contribution in [-0.2, 0) is 20.1 Å². The van der Waals surface area contributed by atoms with E-state index in [1.54, 1.807) is 4.68 Å². The van der Waals surface area contributed by atoms with Gasteiger partial charge in [-0.3, -0.25) is 9.48 Å². The Bertz CT molecular complexity index is 677. The first kappa shape index (κ1) is 15.6. The van der Waals surface area contributed by atoms with E-state index in [0.717, 1.165) is 23.4 Å². The van der Waals surface area contributed by atoms with Gasteiger partial charge in [0.15, 0.2) is 5.78 Å². The minimum atomic E-state index is -0.0148. The van der Waals surface area contributed by atoms with Crippen molar-refractivity contribution in [2.75, 3.05) is 0 Å². The normalized spacial score (nSPS) is 10.7. The van der Waals surface area contributed by atoms with Crippen molar-refractivity contribution < 1.29 is 9.53 Å². The number of ether oxygens (including phenoxy) is 1. The van der Waals surface area contributed by atoms with Gasteiger partial charge < -0.3 is 4.74 Å². The molecule has 4 nitrogen and oxygen atoms in total. The van der Waals surface area contributed by atoms with Crippen molar-refractivity contribution in [2.45, 2.75) is 33.8 Å². The Morgan fingerprint density at radius 3 is 2.71 bits per heavy atom. The molecule has 0 aliphatic carbocycles. The van der Waals surface area contributed by atoms with Gasteiger partial charge in [-0.05, 0) is 32.4 Å². The zero-order valence-electron chi connectivity index (χ0n) is 12.7. The molecule has 2 rings (SSSR count). The number of Topliss-reactive ketones (excluding diaryl/α,β-unsaturated/α-hetero) is 1.